The molecule has 0 aromatic heterocycles. The molecule has 8 heteroatoms. The number of carbonyl (C=O) groups is 1. The maximum Gasteiger partial charge on any atom is 0.151 e. The minimum absolute atomic E-state index is 0. The van der Waals surface area contributed by atoms with Gasteiger partial charge in [0.2, 0.25) is 0 Å². The molecule has 0 radical (unpaired) electrons. The molecule has 50 heavy (non-hydrogen) atoms. The highest BCUT2D eigenvalue weighted by atomic mass is 19.1. The number of nitrogens with zero attached hydrogens (tertiary/aromatic N) is 1. The molecular weight excluding hydrogens is 632 g/mol. The number of aryl methyl sites for hydroxylation is 2. The summed E-state index contributed by atoms with van der Waals surface area (Å²) in [6, 6.07) is 16.0. The van der Waals surface area contributed by atoms with E-state index in [0.29, 0.717) is 38.5 Å². The monoisotopic (exact) mass is 708 g/mol. The van der Waals surface area contributed by atoms with Crippen molar-refractivity contribution in [2.75, 3.05) is 7.05 Å². The fourth-order valence-corrected chi connectivity index (χ4v) is 8.10. The average Bonchev–Trinajstić information content (AvgIpc) is 3.37. The molecule has 1 heterocycles. The lowest BCUT2D eigenvalue weighted by atomic mass is 9.37. The highest BCUT2D eigenvalue weighted by molar-refractivity contribution is 5.86. The Morgan fingerprint density at radius 3 is 2.08 bits per heavy atom. The van der Waals surface area contributed by atoms with Crippen LogP contribution < -0.4 is 10.6 Å². The Hall–Kier alpha value is -2.23. The second-order valence-electron chi connectivity index (χ2n) is 14.7. The standard InChI is InChI=1S/C28H41F2N3O.C9H12.2C2H6.CH4.H2O2.2H2/c1-5-20-10-9-19(14-21(20)29)15-33(4)28-16-26(17-28,18-28)24-31-23(25(2,3)32-24)22(34)8-6-11-27(30)12-7-13-27;1-2-6-9-7-4-3-5-8-9;2*1-2;;1-2;;/h9-10,14,23-24,31-32H,5-8,11-13,15-18H2,1-4H3;3-5,7-8H,2,6H2,1H3;2*1-2H3;1H4;1-2H;2*1H/t23-,24?,26?,28?;;;;;;;/m0......./s1. The van der Waals surface area contributed by atoms with Crippen LogP contribution in [0.25, 0.3) is 0 Å². The number of alkyl halides is 1. The Labute approximate surface area is 306 Å². The lowest BCUT2D eigenvalue weighted by Gasteiger charge is -2.75. The van der Waals surface area contributed by atoms with Gasteiger partial charge in [-0.2, -0.15) is 0 Å². The Morgan fingerprint density at radius 1 is 0.980 bits per heavy atom. The van der Waals surface area contributed by atoms with Crippen LogP contribution in [0, 0.1) is 11.2 Å². The molecule has 0 amide bonds. The predicted molar refractivity (Wildman–Crippen MR) is 210 cm³/mol. The number of carbonyl (C=O) groups excluding carboxylic acids is 1. The summed E-state index contributed by atoms with van der Waals surface area (Å²) in [5.41, 5.74) is 2.31. The first kappa shape index (κ1) is 45.8. The summed E-state index contributed by atoms with van der Waals surface area (Å²) in [4.78, 5) is 15.4. The molecular formula is C42H75F2N3O3. The molecule has 5 fully saturated rings. The molecule has 4 N–H and O–H groups in total. The number of hydrogen-bond donors (Lipinski definition) is 4. The fourth-order valence-electron chi connectivity index (χ4n) is 8.10. The first-order valence-corrected chi connectivity index (χ1v) is 18.9. The summed E-state index contributed by atoms with van der Waals surface area (Å²) in [7, 11) is 2.15. The third-order valence-electron chi connectivity index (χ3n) is 11.0. The fraction of sp³-hybridized carbons (Fsp3) is 0.690. The lowest BCUT2D eigenvalue weighted by Crippen LogP contribution is -2.79. The van der Waals surface area contributed by atoms with E-state index in [1.807, 2.05) is 46.8 Å². The van der Waals surface area contributed by atoms with Gasteiger partial charge in [0.15, 0.2) is 5.78 Å². The van der Waals surface area contributed by atoms with Crippen molar-refractivity contribution in [2.45, 2.75) is 175 Å². The molecule has 1 unspecified atom stereocenters. The van der Waals surface area contributed by atoms with Crippen LogP contribution in [0.1, 0.15) is 147 Å². The largest absolute Gasteiger partial charge is 0.298 e. The van der Waals surface area contributed by atoms with Crippen molar-refractivity contribution in [1.82, 2.24) is 15.5 Å². The molecule has 290 valence electrons. The highest BCUT2D eigenvalue weighted by Gasteiger charge is 2.73. The van der Waals surface area contributed by atoms with E-state index in [0.717, 1.165) is 43.4 Å². The normalized spacial score (nSPS) is 25.8. The van der Waals surface area contributed by atoms with Crippen LogP contribution in [0.2, 0.25) is 0 Å². The number of hydrogen-bond acceptors (Lipinski definition) is 6. The zero-order chi connectivity index (χ0) is 36.9. The van der Waals surface area contributed by atoms with E-state index in [1.165, 1.54) is 18.4 Å². The van der Waals surface area contributed by atoms with Crippen LogP contribution in [-0.2, 0) is 24.2 Å². The summed E-state index contributed by atoms with van der Waals surface area (Å²) in [6.45, 7) is 17.1. The van der Waals surface area contributed by atoms with Crippen molar-refractivity contribution in [3.63, 3.8) is 0 Å². The SMILES string of the molecule is C.CC.CC.CCCc1ccccc1.CCc1ccc(CN(C)C23CC(C4N[C@@H](C(=O)CCCC5(F)CCC5)C(C)(C)N4)(C2)C3)cc1F.OO.[HH].[HH]. The number of benzene rings is 2. The average molecular weight is 708 g/mol. The smallest absolute Gasteiger partial charge is 0.151 e. The lowest BCUT2D eigenvalue weighted by molar-refractivity contribution is -0.233. The Bertz CT molecular complexity index is 1260. The molecule has 0 spiro atoms. The Morgan fingerprint density at radius 2 is 1.58 bits per heavy atom. The van der Waals surface area contributed by atoms with E-state index in [1.54, 1.807) is 6.07 Å². The summed E-state index contributed by atoms with van der Waals surface area (Å²) < 4.78 is 28.5. The molecule has 1 saturated heterocycles. The van der Waals surface area contributed by atoms with Crippen LogP contribution in [0.5, 0.6) is 0 Å². The summed E-state index contributed by atoms with van der Waals surface area (Å²) in [5, 5.41) is 19.4. The van der Waals surface area contributed by atoms with Gasteiger partial charge in [-0.05, 0) is 108 Å². The molecule has 1 aliphatic heterocycles. The van der Waals surface area contributed by atoms with Gasteiger partial charge in [0.05, 0.1) is 12.2 Å². The van der Waals surface area contributed by atoms with Crippen molar-refractivity contribution < 1.29 is 26.9 Å². The van der Waals surface area contributed by atoms with Gasteiger partial charge in [0.25, 0.3) is 0 Å². The van der Waals surface area contributed by atoms with Crippen molar-refractivity contribution in [3.8, 4) is 0 Å². The molecule has 7 rings (SSSR count). The zero-order valence-electron chi connectivity index (χ0n) is 32.0. The van der Waals surface area contributed by atoms with E-state index in [2.05, 4.69) is 73.7 Å². The zero-order valence-corrected chi connectivity index (χ0v) is 32.0. The molecule has 5 aliphatic rings. The number of Topliss-reactive ketones (excluding diaryl/α,β-unsaturated/α-hetero) is 1. The number of halogens is 2. The third kappa shape index (κ3) is 10.9. The minimum atomic E-state index is -1.00. The van der Waals surface area contributed by atoms with Crippen LogP contribution >= 0.6 is 0 Å². The summed E-state index contributed by atoms with van der Waals surface area (Å²) >= 11 is 0. The van der Waals surface area contributed by atoms with Gasteiger partial charge in [-0.25, -0.2) is 8.78 Å². The molecule has 2 aromatic carbocycles. The second kappa shape index (κ2) is 20.7. The quantitative estimate of drug-likeness (QED) is 0.130. The maximum atomic E-state index is 14.3. The van der Waals surface area contributed by atoms with Gasteiger partial charge in [-0.3, -0.25) is 30.8 Å². The predicted octanol–water partition coefficient (Wildman–Crippen LogP) is 10.9. The number of nitrogens with one attached hydrogen (secondary N) is 2. The minimum Gasteiger partial charge on any atom is -0.298 e. The van der Waals surface area contributed by atoms with E-state index >= 15 is 0 Å². The summed E-state index contributed by atoms with van der Waals surface area (Å²) in [5.74, 6) is 0.105. The Balaban J connectivity index is 0. The van der Waals surface area contributed by atoms with Crippen LogP contribution in [-0.4, -0.2) is 57.2 Å². The van der Waals surface area contributed by atoms with Gasteiger partial charge >= 0.3 is 0 Å². The van der Waals surface area contributed by atoms with Gasteiger partial charge in [0, 0.05) is 32.3 Å². The molecule has 6 nitrogen and oxygen atoms in total. The number of rotatable bonds is 12. The number of ketones is 1. The van der Waals surface area contributed by atoms with Gasteiger partial charge in [-0.15, -0.1) is 0 Å². The second-order valence-corrected chi connectivity index (χ2v) is 14.7. The van der Waals surface area contributed by atoms with Crippen molar-refractivity contribution in [1.29, 1.82) is 0 Å². The van der Waals surface area contributed by atoms with E-state index in [-0.39, 0.29) is 50.6 Å². The van der Waals surface area contributed by atoms with E-state index < -0.39 is 5.67 Å². The molecule has 4 aliphatic carbocycles. The highest BCUT2D eigenvalue weighted by Crippen LogP contribution is 2.71. The van der Waals surface area contributed by atoms with E-state index in [4.69, 9.17) is 10.5 Å². The van der Waals surface area contributed by atoms with Crippen LogP contribution in [0.4, 0.5) is 8.78 Å². The maximum absolute atomic E-state index is 14.3. The van der Waals surface area contributed by atoms with Crippen LogP contribution in [0.3, 0.4) is 0 Å². The van der Waals surface area contributed by atoms with Crippen molar-refractivity contribution in [2.24, 2.45) is 5.41 Å². The van der Waals surface area contributed by atoms with Crippen molar-refractivity contribution in [3.05, 3.63) is 71.0 Å². The summed E-state index contributed by atoms with van der Waals surface area (Å²) in [6.07, 6.45) is 10.5. The van der Waals surface area contributed by atoms with Gasteiger partial charge in [-0.1, -0.05) is 97.9 Å². The van der Waals surface area contributed by atoms with Gasteiger partial charge in [0.1, 0.15) is 11.5 Å². The van der Waals surface area contributed by atoms with Crippen LogP contribution in [0.15, 0.2) is 48.5 Å². The first-order valence-electron chi connectivity index (χ1n) is 18.9. The van der Waals surface area contributed by atoms with Gasteiger partial charge < -0.3 is 0 Å². The molecule has 2 bridgehead atoms. The van der Waals surface area contributed by atoms with E-state index in [9.17, 15) is 13.6 Å². The Kier molecular flexibility index (Phi) is 19.0. The first-order chi connectivity index (χ1) is 23.4. The van der Waals surface area contributed by atoms with Crippen molar-refractivity contribution >= 4 is 5.78 Å². The molecule has 4 saturated carbocycles. The molecule has 2 atom stereocenters. The third-order valence-corrected chi connectivity index (χ3v) is 11.0. The molecule has 2 aromatic rings. The topological polar surface area (TPSA) is 84.8 Å².